The third kappa shape index (κ3) is 3.12. The lowest BCUT2D eigenvalue weighted by atomic mass is 10.1. The van der Waals surface area contributed by atoms with Crippen LogP contribution in [0.15, 0.2) is 36.4 Å². The van der Waals surface area contributed by atoms with E-state index in [1.165, 1.54) is 24.3 Å². The number of halogens is 2. The lowest BCUT2D eigenvalue weighted by Gasteiger charge is -2.10. The van der Waals surface area contributed by atoms with Crippen molar-refractivity contribution in [2.75, 3.05) is 5.32 Å². The zero-order valence-corrected chi connectivity index (χ0v) is 10.8. The molecule has 0 fully saturated rings. The van der Waals surface area contributed by atoms with Crippen molar-refractivity contribution in [1.29, 1.82) is 0 Å². The Morgan fingerprint density at radius 1 is 1.20 bits per heavy atom. The van der Waals surface area contributed by atoms with Crippen LogP contribution in [0.3, 0.4) is 0 Å². The number of anilines is 1. The molecule has 2 aromatic rings. The summed E-state index contributed by atoms with van der Waals surface area (Å²) in [6.45, 7) is 2.18. The smallest absolute Gasteiger partial charge is 0.338 e. The van der Waals surface area contributed by atoms with E-state index in [9.17, 15) is 13.6 Å². The topological polar surface area (TPSA) is 49.3 Å². The Bertz CT molecular complexity index is 656. The number of aromatic carboxylic acids is 1. The summed E-state index contributed by atoms with van der Waals surface area (Å²) in [5.41, 5.74) is 1.74. The van der Waals surface area contributed by atoms with Gasteiger partial charge in [-0.25, -0.2) is 13.6 Å². The number of hydrogen-bond acceptors (Lipinski definition) is 2. The van der Waals surface area contributed by atoms with E-state index in [2.05, 4.69) is 5.32 Å². The number of carboxylic acids is 1. The maximum atomic E-state index is 13.2. The summed E-state index contributed by atoms with van der Waals surface area (Å²) < 4.78 is 26.4. The van der Waals surface area contributed by atoms with Crippen LogP contribution in [0.25, 0.3) is 0 Å². The van der Waals surface area contributed by atoms with E-state index in [4.69, 9.17) is 5.11 Å². The van der Waals surface area contributed by atoms with Crippen molar-refractivity contribution in [3.05, 3.63) is 64.7 Å². The molecule has 104 valence electrons. The summed E-state index contributed by atoms with van der Waals surface area (Å²) >= 11 is 0. The standard InChI is InChI=1S/C15H13F2NO2/c1-9-2-3-11(16)6-10(9)8-18-12-4-5-14(17)13(7-12)15(19)20/h2-7,18H,8H2,1H3,(H,19,20). The molecule has 0 saturated heterocycles. The van der Waals surface area contributed by atoms with Gasteiger partial charge < -0.3 is 10.4 Å². The number of carboxylic acid groups (broad SMARTS) is 1. The van der Waals surface area contributed by atoms with Gasteiger partial charge in [0.05, 0.1) is 5.56 Å². The molecular formula is C15H13F2NO2. The van der Waals surface area contributed by atoms with Gasteiger partial charge in [0.1, 0.15) is 11.6 Å². The first-order chi connectivity index (χ1) is 9.47. The molecule has 0 unspecified atom stereocenters. The van der Waals surface area contributed by atoms with Crippen LogP contribution < -0.4 is 5.32 Å². The molecule has 0 amide bonds. The Balaban J connectivity index is 2.17. The molecule has 0 aromatic heterocycles. The Kier molecular flexibility index (Phi) is 3.98. The highest BCUT2D eigenvalue weighted by molar-refractivity contribution is 5.89. The quantitative estimate of drug-likeness (QED) is 0.898. The van der Waals surface area contributed by atoms with Gasteiger partial charge in [0.2, 0.25) is 0 Å². The molecule has 0 aliphatic rings. The summed E-state index contributed by atoms with van der Waals surface area (Å²) in [7, 11) is 0. The molecular weight excluding hydrogens is 264 g/mol. The maximum Gasteiger partial charge on any atom is 0.338 e. The Morgan fingerprint density at radius 3 is 2.65 bits per heavy atom. The molecule has 20 heavy (non-hydrogen) atoms. The van der Waals surface area contributed by atoms with Crippen molar-refractivity contribution < 1.29 is 18.7 Å². The van der Waals surface area contributed by atoms with E-state index in [1.54, 1.807) is 6.07 Å². The van der Waals surface area contributed by atoms with Crippen LogP contribution >= 0.6 is 0 Å². The summed E-state index contributed by atoms with van der Waals surface area (Å²) in [4.78, 5) is 10.8. The lowest BCUT2D eigenvalue weighted by molar-refractivity contribution is 0.0692. The predicted molar refractivity (Wildman–Crippen MR) is 71.8 cm³/mol. The van der Waals surface area contributed by atoms with Gasteiger partial charge in [0.15, 0.2) is 0 Å². The molecule has 5 heteroatoms. The zero-order chi connectivity index (χ0) is 14.7. The second-order valence-corrected chi connectivity index (χ2v) is 4.42. The van der Waals surface area contributed by atoms with Gasteiger partial charge in [-0.3, -0.25) is 0 Å². The molecule has 0 aliphatic carbocycles. The van der Waals surface area contributed by atoms with E-state index in [0.717, 1.165) is 17.2 Å². The summed E-state index contributed by atoms with van der Waals surface area (Å²) in [5.74, 6) is -2.45. The average molecular weight is 277 g/mol. The first-order valence-corrected chi connectivity index (χ1v) is 5.99. The van der Waals surface area contributed by atoms with Gasteiger partial charge in [-0.05, 0) is 48.4 Å². The van der Waals surface area contributed by atoms with Crippen LogP contribution in [0.5, 0.6) is 0 Å². The second-order valence-electron chi connectivity index (χ2n) is 4.42. The minimum absolute atomic E-state index is 0.328. The fraction of sp³-hybridized carbons (Fsp3) is 0.133. The van der Waals surface area contributed by atoms with Gasteiger partial charge >= 0.3 is 5.97 Å². The third-order valence-electron chi connectivity index (χ3n) is 2.99. The van der Waals surface area contributed by atoms with E-state index in [0.29, 0.717) is 12.2 Å². The fourth-order valence-electron chi connectivity index (χ4n) is 1.83. The van der Waals surface area contributed by atoms with Gasteiger partial charge in [0.25, 0.3) is 0 Å². The third-order valence-corrected chi connectivity index (χ3v) is 2.99. The van der Waals surface area contributed by atoms with E-state index < -0.39 is 17.3 Å². The number of benzene rings is 2. The highest BCUT2D eigenvalue weighted by atomic mass is 19.1. The van der Waals surface area contributed by atoms with Gasteiger partial charge in [-0.1, -0.05) is 6.07 Å². The van der Waals surface area contributed by atoms with Gasteiger partial charge in [0, 0.05) is 12.2 Å². The van der Waals surface area contributed by atoms with Crippen molar-refractivity contribution in [1.82, 2.24) is 0 Å². The van der Waals surface area contributed by atoms with Crippen molar-refractivity contribution in [2.24, 2.45) is 0 Å². The largest absolute Gasteiger partial charge is 0.478 e. The molecule has 2 N–H and O–H groups in total. The summed E-state index contributed by atoms with van der Waals surface area (Å²) in [5, 5.41) is 11.8. The monoisotopic (exact) mass is 277 g/mol. The highest BCUT2D eigenvalue weighted by Crippen LogP contribution is 2.17. The number of rotatable bonds is 4. The molecule has 0 aliphatic heterocycles. The number of nitrogens with one attached hydrogen (secondary N) is 1. The van der Waals surface area contributed by atoms with Crippen LogP contribution in [0, 0.1) is 18.6 Å². The SMILES string of the molecule is Cc1ccc(F)cc1CNc1ccc(F)c(C(=O)O)c1. The van der Waals surface area contributed by atoms with Crippen LogP contribution in [0.2, 0.25) is 0 Å². The normalized spacial score (nSPS) is 10.3. The second kappa shape index (κ2) is 5.69. The van der Waals surface area contributed by atoms with Crippen molar-refractivity contribution in [3.63, 3.8) is 0 Å². The fourth-order valence-corrected chi connectivity index (χ4v) is 1.83. The highest BCUT2D eigenvalue weighted by Gasteiger charge is 2.10. The average Bonchev–Trinajstić information content (AvgIpc) is 2.41. The van der Waals surface area contributed by atoms with Gasteiger partial charge in [-0.15, -0.1) is 0 Å². The minimum Gasteiger partial charge on any atom is -0.478 e. The minimum atomic E-state index is -1.33. The molecule has 3 nitrogen and oxygen atoms in total. The zero-order valence-electron chi connectivity index (χ0n) is 10.8. The maximum absolute atomic E-state index is 13.2. The molecule has 2 aromatic carbocycles. The first kappa shape index (κ1) is 14.0. The Hall–Kier alpha value is -2.43. The summed E-state index contributed by atoms with van der Waals surface area (Å²) in [6, 6.07) is 8.19. The van der Waals surface area contributed by atoms with Crippen LogP contribution in [-0.4, -0.2) is 11.1 Å². The molecule has 0 bridgehead atoms. The molecule has 0 radical (unpaired) electrons. The molecule has 2 rings (SSSR count). The van der Waals surface area contributed by atoms with Crippen molar-refractivity contribution in [2.45, 2.75) is 13.5 Å². The summed E-state index contributed by atoms with van der Waals surface area (Å²) in [6.07, 6.45) is 0. The Labute approximate surface area is 114 Å². The molecule has 0 spiro atoms. The first-order valence-electron chi connectivity index (χ1n) is 5.99. The lowest BCUT2D eigenvalue weighted by Crippen LogP contribution is -2.05. The number of carbonyl (C=O) groups is 1. The van der Waals surface area contributed by atoms with Crippen LogP contribution in [0.1, 0.15) is 21.5 Å². The molecule has 0 heterocycles. The van der Waals surface area contributed by atoms with Gasteiger partial charge in [-0.2, -0.15) is 0 Å². The van der Waals surface area contributed by atoms with Crippen LogP contribution in [0.4, 0.5) is 14.5 Å². The van der Waals surface area contributed by atoms with Crippen molar-refractivity contribution in [3.8, 4) is 0 Å². The van der Waals surface area contributed by atoms with Crippen LogP contribution in [-0.2, 0) is 6.54 Å². The Morgan fingerprint density at radius 2 is 1.95 bits per heavy atom. The predicted octanol–water partition coefficient (Wildman–Crippen LogP) is 3.58. The molecule has 0 saturated carbocycles. The number of aryl methyl sites for hydroxylation is 1. The molecule has 0 atom stereocenters. The van der Waals surface area contributed by atoms with E-state index >= 15 is 0 Å². The van der Waals surface area contributed by atoms with E-state index in [1.807, 2.05) is 6.92 Å². The number of hydrogen-bond donors (Lipinski definition) is 2. The van der Waals surface area contributed by atoms with Crippen molar-refractivity contribution >= 4 is 11.7 Å². The van der Waals surface area contributed by atoms with E-state index in [-0.39, 0.29) is 5.82 Å².